The first-order valence-electron chi connectivity index (χ1n) is 5.55. The zero-order valence-corrected chi connectivity index (χ0v) is 8.71. The lowest BCUT2D eigenvalue weighted by Gasteiger charge is -2.31. The first kappa shape index (κ1) is 8.92. The fourth-order valence-corrected chi connectivity index (χ4v) is 2.35. The van der Waals surface area contributed by atoms with E-state index in [1.54, 1.807) is 0 Å². The standard InChI is InChI=1S/C11H20N2/c1-3-10-8-13(12-10)11-6-4-5-9(2)7-11/h8-9,11-12H,3-7H2,1-2H3. The summed E-state index contributed by atoms with van der Waals surface area (Å²) in [5, 5.41) is 3.41. The Morgan fingerprint density at radius 1 is 1.54 bits per heavy atom. The van der Waals surface area contributed by atoms with Gasteiger partial charge in [-0.15, -0.1) is 0 Å². The van der Waals surface area contributed by atoms with Crippen LogP contribution in [0.3, 0.4) is 0 Å². The van der Waals surface area contributed by atoms with Gasteiger partial charge in [-0.05, 0) is 25.2 Å². The van der Waals surface area contributed by atoms with Gasteiger partial charge in [-0.3, -0.25) is 4.68 Å². The van der Waals surface area contributed by atoms with Crippen LogP contribution in [0.4, 0.5) is 0 Å². The van der Waals surface area contributed by atoms with Crippen molar-refractivity contribution in [3.05, 3.63) is 11.9 Å². The molecule has 2 rings (SSSR count). The molecule has 13 heavy (non-hydrogen) atoms. The fourth-order valence-electron chi connectivity index (χ4n) is 2.35. The number of nitrogens with one attached hydrogen (secondary N) is 1. The van der Waals surface area contributed by atoms with Gasteiger partial charge in [0.25, 0.3) is 0 Å². The Labute approximate surface area is 80.3 Å². The minimum Gasteiger partial charge on any atom is -0.301 e. The number of nitrogens with zero attached hydrogens (tertiary/aromatic N) is 1. The summed E-state index contributed by atoms with van der Waals surface area (Å²) in [7, 11) is 0. The molecule has 2 heteroatoms. The van der Waals surface area contributed by atoms with E-state index in [-0.39, 0.29) is 0 Å². The number of rotatable bonds is 2. The van der Waals surface area contributed by atoms with Gasteiger partial charge in [0, 0.05) is 11.9 Å². The maximum atomic E-state index is 3.41. The van der Waals surface area contributed by atoms with Crippen molar-refractivity contribution >= 4 is 0 Å². The fraction of sp³-hybridized carbons (Fsp3) is 0.818. The third-order valence-corrected chi connectivity index (χ3v) is 3.25. The van der Waals surface area contributed by atoms with E-state index >= 15 is 0 Å². The zero-order chi connectivity index (χ0) is 9.26. The van der Waals surface area contributed by atoms with Crippen LogP contribution in [0.2, 0.25) is 0 Å². The monoisotopic (exact) mass is 180 g/mol. The van der Waals surface area contributed by atoms with E-state index in [0.717, 1.165) is 18.4 Å². The van der Waals surface area contributed by atoms with Crippen LogP contribution in [-0.4, -0.2) is 9.78 Å². The maximum Gasteiger partial charge on any atom is 0.0500 e. The zero-order valence-electron chi connectivity index (χ0n) is 8.71. The van der Waals surface area contributed by atoms with Crippen LogP contribution in [-0.2, 0) is 6.42 Å². The molecule has 1 saturated carbocycles. The van der Waals surface area contributed by atoms with Crippen molar-refractivity contribution in [3.8, 4) is 0 Å². The minimum absolute atomic E-state index is 0.763. The van der Waals surface area contributed by atoms with Crippen molar-refractivity contribution in [1.82, 2.24) is 9.78 Å². The number of aromatic nitrogens is 2. The molecule has 2 unspecified atom stereocenters. The molecular weight excluding hydrogens is 160 g/mol. The molecule has 2 nitrogen and oxygen atoms in total. The summed E-state index contributed by atoms with van der Waals surface area (Å²) in [6, 6.07) is 0.763. The van der Waals surface area contributed by atoms with E-state index < -0.39 is 0 Å². The number of aromatic amines is 1. The average molecular weight is 180 g/mol. The van der Waals surface area contributed by atoms with Gasteiger partial charge in [-0.25, -0.2) is 0 Å². The molecule has 74 valence electrons. The summed E-state index contributed by atoms with van der Waals surface area (Å²) in [6.45, 7) is 4.57. The van der Waals surface area contributed by atoms with Gasteiger partial charge in [0.2, 0.25) is 0 Å². The van der Waals surface area contributed by atoms with Gasteiger partial charge >= 0.3 is 0 Å². The molecular formula is C11H20N2. The molecule has 0 saturated heterocycles. The lowest BCUT2D eigenvalue weighted by molar-refractivity contribution is 0.254. The molecule has 1 aromatic rings. The molecule has 1 aromatic heterocycles. The Morgan fingerprint density at radius 3 is 2.92 bits per heavy atom. The van der Waals surface area contributed by atoms with E-state index in [0.29, 0.717) is 0 Å². The number of H-pyrrole nitrogens is 1. The molecule has 0 amide bonds. The molecule has 0 aliphatic heterocycles. The third kappa shape index (κ3) is 1.82. The third-order valence-electron chi connectivity index (χ3n) is 3.25. The summed E-state index contributed by atoms with van der Waals surface area (Å²) in [5.41, 5.74) is 1.39. The highest BCUT2D eigenvalue weighted by atomic mass is 15.3. The minimum atomic E-state index is 0.763. The molecule has 1 fully saturated rings. The van der Waals surface area contributed by atoms with Gasteiger partial charge in [-0.1, -0.05) is 26.7 Å². The largest absolute Gasteiger partial charge is 0.301 e. The quantitative estimate of drug-likeness (QED) is 0.722. The van der Waals surface area contributed by atoms with Crippen molar-refractivity contribution in [2.45, 2.75) is 52.0 Å². The van der Waals surface area contributed by atoms with Crippen molar-refractivity contribution in [1.29, 1.82) is 0 Å². The highest BCUT2D eigenvalue weighted by molar-refractivity contribution is 4.97. The Balaban J connectivity index is 1.94. The SMILES string of the molecule is CCc1cn(C2CCCC(C)C2)[nH]1. The lowest BCUT2D eigenvalue weighted by Crippen LogP contribution is -2.23. The van der Waals surface area contributed by atoms with Gasteiger partial charge in [0.15, 0.2) is 0 Å². The average Bonchev–Trinajstić information content (AvgIpc) is 2.02. The van der Waals surface area contributed by atoms with E-state index in [1.165, 1.54) is 31.4 Å². The predicted octanol–water partition coefficient (Wildman–Crippen LogP) is 3.13. The van der Waals surface area contributed by atoms with Crippen LogP contribution in [0.5, 0.6) is 0 Å². The van der Waals surface area contributed by atoms with Crippen LogP contribution in [0.15, 0.2) is 6.20 Å². The molecule has 0 bridgehead atoms. The lowest BCUT2D eigenvalue weighted by atomic mass is 9.87. The highest BCUT2D eigenvalue weighted by Gasteiger charge is 2.21. The second kappa shape index (κ2) is 3.60. The summed E-state index contributed by atoms with van der Waals surface area (Å²) in [5.74, 6) is 0.916. The highest BCUT2D eigenvalue weighted by Crippen LogP contribution is 2.32. The van der Waals surface area contributed by atoms with E-state index in [4.69, 9.17) is 0 Å². The molecule has 2 atom stereocenters. The Kier molecular flexibility index (Phi) is 2.47. The Bertz CT molecular complexity index is 247. The molecule has 1 N–H and O–H groups in total. The summed E-state index contributed by atoms with van der Waals surface area (Å²) in [4.78, 5) is 0. The van der Waals surface area contributed by atoms with Crippen molar-refractivity contribution in [2.75, 3.05) is 0 Å². The Morgan fingerprint density at radius 2 is 2.31 bits per heavy atom. The van der Waals surface area contributed by atoms with Gasteiger partial charge in [-0.2, -0.15) is 0 Å². The van der Waals surface area contributed by atoms with Crippen LogP contribution >= 0.6 is 0 Å². The topological polar surface area (TPSA) is 20.7 Å². The van der Waals surface area contributed by atoms with E-state index in [1.807, 2.05) is 0 Å². The second-order valence-corrected chi connectivity index (χ2v) is 4.45. The van der Waals surface area contributed by atoms with Crippen LogP contribution < -0.4 is 0 Å². The van der Waals surface area contributed by atoms with Crippen LogP contribution in [0.1, 0.15) is 51.3 Å². The molecule has 0 spiro atoms. The van der Waals surface area contributed by atoms with Gasteiger partial charge < -0.3 is 5.10 Å². The predicted molar refractivity (Wildman–Crippen MR) is 54.8 cm³/mol. The van der Waals surface area contributed by atoms with Crippen molar-refractivity contribution < 1.29 is 0 Å². The normalized spacial score (nSPS) is 29.4. The van der Waals surface area contributed by atoms with Crippen molar-refractivity contribution in [3.63, 3.8) is 0 Å². The van der Waals surface area contributed by atoms with E-state index in [9.17, 15) is 0 Å². The number of aryl methyl sites for hydroxylation is 1. The summed E-state index contributed by atoms with van der Waals surface area (Å²) in [6.07, 6.45) is 8.97. The molecule has 1 aliphatic carbocycles. The van der Waals surface area contributed by atoms with Crippen LogP contribution in [0.25, 0.3) is 0 Å². The summed E-state index contributed by atoms with van der Waals surface area (Å²) < 4.78 is 2.31. The van der Waals surface area contributed by atoms with Crippen molar-refractivity contribution in [2.24, 2.45) is 5.92 Å². The smallest absolute Gasteiger partial charge is 0.0500 e. The number of hydrogen-bond acceptors (Lipinski definition) is 0. The molecule has 1 aliphatic rings. The van der Waals surface area contributed by atoms with Gasteiger partial charge in [0.05, 0.1) is 6.04 Å². The Hall–Kier alpha value is -0.660. The van der Waals surface area contributed by atoms with E-state index in [2.05, 4.69) is 29.8 Å². The molecule has 1 heterocycles. The summed E-state index contributed by atoms with van der Waals surface area (Å²) >= 11 is 0. The molecule has 0 aromatic carbocycles. The maximum absolute atomic E-state index is 3.41. The first-order chi connectivity index (χ1) is 6.29. The number of hydrogen-bond donors (Lipinski definition) is 1. The van der Waals surface area contributed by atoms with Gasteiger partial charge in [0.1, 0.15) is 0 Å². The first-order valence-corrected chi connectivity index (χ1v) is 5.55. The molecule has 0 radical (unpaired) electrons. The van der Waals surface area contributed by atoms with Crippen LogP contribution in [0, 0.1) is 5.92 Å². The second-order valence-electron chi connectivity index (χ2n) is 4.45.